The maximum atomic E-state index is 14.3. The third kappa shape index (κ3) is 5.78. The van der Waals surface area contributed by atoms with Gasteiger partial charge >= 0.3 is 18.3 Å². The summed E-state index contributed by atoms with van der Waals surface area (Å²) in [7, 11) is 1.41. The lowest BCUT2D eigenvalue weighted by Gasteiger charge is -2.51. The van der Waals surface area contributed by atoms with Gasteiger partial charge in [-0.05, 0) is 86.8 Å². The molecule has 1 aliphatic carbocycles. The molecule has 3 fully saturated rings. The highest BCUT2D eigenvalue weighted by molar-refractivity contribution is 5.89. The zero-order valence-corrected chi connectivity index (χ0v) is 22.7. The molecule has 40 heavy (non-hydrogen) atoms. The number of rotatable bonds is 5. The standard InChI is InChI=1S/C30H35F6NO3/c1-17(37-22-4-3-5-23(37)16-20(15-22)28(38)39-2)18-6-12-25-19(14-18)7-13-26(27(25)30(34,35)36)40-24-10-8-21(9-11-24)29(31,32)33/h6-7,12-14,17,20-24H,3-5,8-11,15-16H2,1-2H3/t17?,20?,21-,22?,23?,24+. The fraction of sp³-hybridized carbons (Fsp3) is 0.633. The Kier molecular flexibility index (Phi) is 8.03. The summed E-state index contributed by atoms with van der Waals surface area (Å²) >= 11 is 0. The quantitative estimate of drug-likeness (QED) is 0.268. The van der Waals surface area contributed by atoms with Crippen molar-refractivity contribution in [2.45, 2.75) is 101 Å². The number of carbonyl (C=O) groups is 1. The third-order valence-corrected chi connectivity index (χ3v) is 9.22. The van der Waals surface area contributed by atoms with Crippen LogP contribution in [0.3, 0.4) is 0 Å². The fourth-order valence-corrected chi connectivity index (χ4v) is 7.25. The Morgan fingerprint density at radius 2 is 1.57 bits per heavy atom. The number of hydrogen-bond donors (Lipinski definition) is 0. The average molecular weight is 572 g/mol. The maximum Gasteiger partial charge on any atom is 0.420 e. The first kappa shape index (κ1) is 29.0. The van der Waals surface area contributed by atoms with Crippen LogP contribution in [-0.4, -0.2) is 42.3 Å². The van der Waals surface area contributed by atoms with Crippen molar-refractivity contribution in [1.82, 2.24) is 4.90 Å². The van der Waals surface area contributed by atoms with Crippen LogP contribution in [0.25, 0.3) is 10.8 Å². The van der Waals surface area contributed by atoms with Gasteiger partial charge in [0, 0.05) is 18.1 Å². The molecule has 1 saturated carbocycles. The minimum atomic E-state index is -4.70. The van der Waals surface area contributed by atoms with E-state index in [1.54, 1.807) is 18.2 Å². The Hall–Kier alpha value is -2.49. The molecule has 220 valence electrons. The average Bonchev–Trinajstić information content (AvgIpc) is 2.90. The number of alkyl halides is 6. The lowest BCUT2D eigenvalue weighted by atomic mass is 9.77. The van der Waals surface area contributed by atoms with Crippen molar-refractivity contribution in [3.63, 3.8) is 0 Å². The van der Waals surface area contributed by atoms with Crippen molar-refractivity contribution in [3.05, 3.63) is 41.5 Å². The second-order valence-corrected chi connectivity index (χ2v) is 11.6. The van der Waals surface area contributed by atoms with Gasteiger partial charge in [-0.3, -0.25) is 9.69 Å². The molecular formula is C30H35F6NO3. The first-order chi connectivity index (χ1) is 18.9. The van der Waals surface area contributed by atoms with E-state index in [4.69, 9.17) is 9.47 Å². The minimum Gasteiger partial charge on any atom is -0.490 e. The number of nitrogens with zero attached hydrogens (tertiary/aromatic N) is 1. The van der Waals surface area contributed by atoms with E-state index in [9.17, 15) is 31.1 Å². The van der Waals surface area contributed by atoms with Crippen molar-refractivity contribution >= 4 is 16.7 Å². The molecule has 2 bridgehead atoms. The second kappa shape index (κ2) is 11.1. The number of piperidine rings is 2. The molecule has 2 aliphatic heterocycles. The van der Waals surface area contributed by atoms with E-state index in [2.05, 4.69) is 11.8 Å². The van der Waals surface area contributed by atoms with E-state index in [0.717, 1.165) is 24.8 Å². The molecule has 10 heteroatoms. The molecule has 5 rings (SSSR count). The molecule has 3 unspecified atom stereocenters. The van der Waals surface area contributed by atoms with Gasteiger partial charge < -0.3 is 9.47 Å². The molecule has 2 heterocycles. The van der Waals surface area contributed by atoms with E-state index in [-0.39, 0.29) is 66.8 Å². The molecule has 0 spiro atoms. The van der Waals surface area contributed by atoms with Crippen molar-refractivity contribution in [1.29, 1.82) is 0 Å². The fourth-order valence-electron chi connectivity index (χ4n) is 7.25. The van der Waals surface area contributed by atoms with Gasteiger partial charge in [0.2, 0.25) is 0 Å². The van der Waals surface area contributed by atoms with Gasteiger partial charge in [-0.1, -0.05) is 24.6 Å². The van der Waals surface area contributed by atoms with Crippen LogP contribution in [0.15, 0.2) is 30.3 Å². The molecular weight excluding hydrogens is 536 g/mol. The van der Waals surface area contributed by atoms with Crippen LogP contribution in [0.4, 0.5) is 26.3 Å². The van der Waals surface area contributed by atoms with Gasteiger partial charge in [0.15, 0.2) is 0 Å². The minimum absolute atomic E-state index is 0.00882. The number of fused-ring (bicyclic) bond motifs is 3. The number of esters is 1. The topological polar surface area (TPSA) is 38.8 Å². The predicted octanol–water partition coefficient (Wildman–Crippen LogP) is 8.23. The molecule has 3 aliphatic rings. The van der Waals surface area contributed by atoms with Gasteiger partial charge in [0.25, 0.3) is 0 Å². The Morgan fingerprint density at radius 1 is 0.925 bits per heavy atom. The third-order valence-electron chi connectivity index (χ3n) is 9.22. The first-order valence-corrected chi connectivity index (χ1v) is 14.1. The molecule has 0 amide bonds. The summed E-state index contributed by atoms with van der Waals surface area (Å²) in [5.41, 5.74) is 0.00564. The number of halogens is 6. The van der Waals surface area contributed by atoms with Gasteiger partial charge in [-0.25, -0.2) is 0 Å². The summed E-state index contributed by atoms with van der Waals surface area (Å²) in [6.07, 6.45) is -5.42. The van der Waals surface area contributed by atoms with E-state index in [1.807, 2.05) is 0 Å². The van der Waals surface area contributed by atoms with Crippen molar-refractivity contribution in [3.8, 4) is 5.75 Å². The summed E-state index contributed by atoms with van der Waals surface area (Å²) in [5.74, 6) is -2.08. The molecule has 2 saturated heterocycles. The number of carbonyl (C=O) groups excluding carboxylic acids is 1. The van der Waals surface area contributed by atoms with Gasteiger partial charge in [-0.15, -0.1) is 0 Å². The molecule has 2 aromatic rings. The molecule has 3 atom stereocenters. The summed E-state index contributed by atoms with van der Waals surface area (Å²) in [5, 5.41) is 0.439. The SMILES string of the molecule is COC(=O)C1CC2CCCC(C1)N2C(C)c1ccc2c(C(F)(F)F)c(O[C@H]3CC[C@@H](C(F)(F)F)CC3)ccc2c1. The zero-order chi connectivity index (χ0) is 28.8. The number of methoxy groups -OCH3 is 1. The Labute approximate surface area is 230 Å². The second-order valence-electron chi connectivity index (χ2n) is 11.6. The van der Waals surface area contributed by atoms with Crippen LogP contribution < -0.4 is 4.74 Å². The van der Waals surface area contributed by atoms with E-state index >= 15 is 0 Å². The van der Waals surface area contributed by atoms with Crippen LogP contribution in [-0.2, 0) is 15.7 Å². The van der Waals surface area contributed by atoms with Crippen molar-refractivity contribution in [2.75, 3.05) is 7.11 Å². The summed E-state index contributed by atoms with van der Waals surface area (Å²) in [6.45, 7) is 2.06. The highest BCUT2D eigenvalue weighted by Crippen LogP contribution is 2.46. The van der Waals surface area contributed by atoms with E-state index in [1.165, 1.54) is 19.2 Å². The Bertz CT molecular complexity index is 1210. The molecule has 2 aromatic carbocycles. The normalized spacial score (nSPS) is 28.8. The van der Waals surface area contributed by atoms with Gasteiger partial charge in [-0.2, -0.15) is 26.3 Å². The van der Waals surface area contributed by atoms with Crippen molar-refractivity contribution < 1.29 is 40.6 Å². The smallest absolute Gasteiger partial charge is 0.420 e. The molecule has 0 aromatic heterocycles. The summed E-state index contributed by atoms with van der Waals surface area (Å²) in [6, 6.07) is 8.25. The highest BCUT2D eigenvalue weighted by Gasteiger charge is 2.44. The van der Waals surface area contributed by atoms with Crippen LogP contribution in [0.5, 0.6) is 5.75 Å². The van der Waals surface area contributed by atoms with Crippen molar-refractivity contribution in [2.24, 2.45) is 11.8 Å². The monoisotopic (exact) mass is 571 g/mol. The Morgan fingerprint density at radius 3 is 2.15 bits per heavy atom. The van der Waals surface area contributed by atoms with Crippen LogP contribution in [0.2, 0.25) is 0 Å². The highest BCUT2D eigenvalue weighted by atomic mass is 19.4. The lowest BCUT2D eigenvalue weighted by Crippen LogP contribution is -2.54. The number of benzene rings is 2. The number of hydrogen-bond acceptors (Lipinski definition) is 4. The maximum absolute atomic E-state index is 14.3. The van der Waals surface area contributed by atoms with Crippen LogP contribution >= 0.6 is 0 Å². The number of ether oxygens (including phenoxy) is 2. The molecule has 4 nitrogen and oxygen atoms in total. The Balaban J connectivity index is 1.39. The van der Waals surface area contributed by atoms with Crippen LogP contribution in [0, 0.1) is 11.8 Å². The molecule has 0 radical (unpaired) electrons. The van der Waals surface area contributed by atoms with Gasteiger partial charge in [0.05, 0.1) is 25.0 Å². The predicted molar refractivity (Wildman–Crippen MR) is 138 cm³/mol. The summed E-state index contributed by atoms with van der Waals surface area (Å²) < 4.78 is 92.7. The zero-order valence-electron chi connectivity index (χ0n) is 22.7. The van der Waals surface area contributed by atoms with E-state index in [0.29, 0.717) is 18.2 Å². The first-order valence-electron chi connectivity index (χ1n) is 14.1. The van der Waals surface area contributed by atoms with Gasteiger partial charge in [0.1, 0.15) is 11.3 Å². The summed E-state index contributed by atoms with van der Waals surface area (Å²) in [4.78, 5) is 14.6. The van der Waals surface area contributed by atoms with Crippen LogP contribution in [0.1, 0.15) is 81.9 Å². The molecule has 0 N–H and O–H groups in total. The lowest BCUT2D eigenvalue weighted by molar-refractivity contribution is -0.185. The largest absolute Gasteiger partial charge is 0.490 e. The van der Waals surface area contributed by atoms with E-state index < -0.39 is 29.9 Å².